The second-order valence-electron chi connectivity index (χ2n) is 4.71. The predicted molar refractivity (Wildman–Crippen MR) is 63.6 cm³/mol. The summed E-state index contributed by atoms with van der Waals surface area (Å²) in [6, 6.07) is 3.00. The monoisotopic (exact) mass is 231 g/mol. The van der Waals surface area contributed by atoms with Crippen molar-refractivity contribution in [1.29, 1.82) is 0 Å². The van der Waals surface area contributed by atoms with Crippen LogP contribution < -0.4 is 0 Å². The van der Waals surface area contributed by atoms with Gasteiger partial charge in [0.2, 0.25) is 0 Å². The van der Waals surface area contributed by atoms with Gasteiger partial charge in [0.25, 0.3) is 0 Å². The average Bonchev–Trinajstić information content (AvgIpc) is 2.74. The molecule has 4 rings (SSSR count). The minimum atomic E-state index is 0.668. The molecule has 2 aromatic rings. The van der Waals surface area contributed by atoms with E-state index in [9.17, 15) is 0 Å². The summed E-state index contributed by atoms with van der Waals surface area (Å²) < 4.78 is 2.25. The molecule has 2 heterocycles. The maximum Gasteiger partial charge on any atom is 0.174 e. The third kappa shape index (κ3) is 1.26. The van der Waals surface area contributed by atoms with Crippen LogP contribution in [0.5, 0.6) is 0 Å². The largest absolute Gasteiger partial charge is 0.310 e. The fraction of sp³-hybridized carbons (Fsp3) is 0.500. The van der Waals surface area contributed by atoms with Gasteiger partial charge in [-0.05, 0) is 43.7 Å². The molecule has 4 heteroatoms. The molecule has 2 aliphatic rings. The van der Waals surface area contributed by atoms with Crippen LogP contribution in [0.2, 0.25) is 0 Å². The van der Waals surface area contributed by atoms with E-state index in [1.807, 2.05) is 17.7 Å². The van der Waals surface area contributed by atoms with Gasteiger partial charge in [-0.3, -0.25) is 0 Å². The van der Waals surface area contributed by atoms with Gasteiger partial charge in [0.05, 0.1) is 4.88 Å². The Hall–Kier alpha value is -1.16. The number of nitrogens with zero attached hydrogens (tertiary/aromatic N) is 3. The first-order valence-corrected chi connectivity index (χ1v) is 6.75. The van der Waals surface area contributed by atoms with Crippen molar-refractivity contribution in [3.8, 4) is 10.7 Å². The standard InChI is InChI=1S/C12H13N3S/c1-2-8-6-11(16-10(8)3-1)12-14-13-7-15(12)9-4-5-9/h6-7,9H,1-5H2. The number of fused-ring (bicyclic) bond motifs is 1. The van der Waals surface area contributed by atoms with Crippen LogP contribution in [-0.4, -0.2) is 14.8 Å². The smallest absolute Gasteiger partial charge is 0.174 e. The molecular weight excluding hydrogens is 218 g/mol. The molecule has 0 aromatic carbocycles. The molecule has 0 saturated heterocycles. The van der Waals surface area contributed by atoms with Crippen molar-refractivity contribution < 1.29 is 0 Å². The van der Waals surface area contributed by atoms with Crippen molar-refractivity contribution in [3.05, 3.63) is 22.8 Å². The lowest BCUT2D eigenvalue weighted by Crippen LogP contribution is -1.94. The van der Waals surface area contributed by atoms with Gasteiger partial charge in [0.1, 0.15) is 6.33 Å². The Morgan fingerprint density at radius 1 is 1.31 bits per heavy atom. The van der Waals surface area contributed by atoms with Crippen molar-refractivity contribution in [2.75, 3.05) is 0 Å². The third-order valence-electron chi connectivity index (χ3n) is 3.48. The Morgan fingerprint density at radius 2 is 2.25 bits per heavy atom. The van der Waals surface area contributed by atoms with Crippen LogP contribution in [0, 0.1) is 0 Å². The van der Waals surface area contributed by atoms with E-state index in [0.717, 1.165) is 5.82 Å². The highest BCUT2D eigenvalue weighted by Gasteiger charge is 2.27. The van der Waals surface area contributed by atoms with E-state index in [1.165, 1.54) is 37.0 Å². The normalized spacial score (nSPS) is 19.0. The van der Waals surface area contributed by atoms with E-state index >= 15 is 0 Å². The molecule has 3 nitrogen and oxygen atoms in total. The number of hydrogen-bond acceptors (Lipinski definition) is 3. The summed E-state index contributed by atoms with van der Waals surface area (Å²) in [5.74, 6) is 1.09. The van der Waals surface area contributed by atoms with E-state index in [-0.39, 0.29) is 0 Å². The van der Waals surface area contributed by atoms with E-state index in [4.69, 9.17) is 0 Å². The molecule has 2 aromatic heterocycles. The zero-order valence-electron chi connectivity index (χ0n) is 9.02. The second kappa shape index (κ2) is 3.17. The Labute approximate surface area is 98.1 Å². The molecule has 2 aliphatic carbocycles. The fourth-order valence-corrected chi connectivity index (χ4v) is 3.72. The van der Waals surface area contributed by atoms with Crippen LogP contribution in [-0.2, 0) is 12.8 Å². The Morgan fingerprint density at radius 3 is 3.06 bits per heavy atom. The van der Waals surface area contributed by atoms with Gasteiger partial charge in [-0.15, -0.1) is 21.5 Å². The summed E-state index contributed by atoms with van der Waals surface area (Å²) in [6.07, 6.45) is 8.31. The topological polar surface area (TPSA) is 30.7 Å². The lowest BCUT2D eigenvalue weighted by molar-refractivity contribution is 0.747. The SMILES string of the molecule is c1c(-c2nncn2C2CC2)sc2c1CCC2. The number of rotatable bonds is 2. The van der Waals surface area contributed by atoms with Gasteiger partial charge >= 0.3 is 0 Å². The first kappa shape index (κ1) is 8.93. The summed E-state index contributed by atoms with van der Waals surface area (Å²) >= 11 is 1.92. The molecule has 0 N–H and O–H groups in total. The van der Waals surface area contributed by atoms with Crippen molar-refractivity contribution in [3.63, 3.8) is 0 Å². The van der Waals surface area contributed by atoms with Crippen LogP contribution in [0.1, 0.15) is 35.7 Å². The van der Waals surface area contributed by atoms with Crippen molar-refractivity contribution in [1.82, 2.24) is 14.8 Å². The number of hydrogen-bond donors (Lipinski definition) is 0. The van der Waals surface area contributed by atoms with Gasteiger partial charge in [-0.1, -0.05) is 0 Å². The summed E-state index contributed by atoms with van der Waals surface area (Å²) in [5.41, 5.74) is 1.55. The van der Waals surface area contributed by atoms with Gasteiger partial charge in [-0.25, -0.2) is 0 Å². The minimum absolute atomic E-state index is 0.668. The highest BCUT2D eigenvalue weighted by Crippen LogP contribution is 2.40. The van der Waals surface area contributed by atoms with Crippen LogP contribution in [0.25, 0.3) is 10.7 Å². The molecule has 0 spiro atoms. The maximum atomic E-state index is 4.28. The van der Waals surface area contributed by atoms with E-state index in [0.29, 0.717) is 6.04 Å². The Balaban J connectivity index is 1.80. The van der Waals surface area contributed by atoms with Crippen LogP contribution in [0.4, 0.5) is 0 Å². The summed E-state index contributed by atoms with van der Waals surface area (Å²) in [5, 5.41) is 8.35. The van der Waals surface area contributed by atoms with Gasteiger partial charge in [-0.2, -0.15) is 0 Å². The molecule has 0 bridgehead atoms. The molecule has 82 valence electrons. The fourth-order valence-electron chi connectivity index (χ4n) is 2.48. The average molecular weight is 231 g/mol. The first-order chi connectivity index (χ1) is 7.92. The molecule has 0 aliphatic heterocycles. The maximum absolute atomic E-state index is 4.28. The molecular formula is C12H13N3S. The first-order valence-electron chi connectivity index (χ1n) is 5.93. The zero-order valence-corrected chi connectivity index (χ0v) is 9.83. The molecule has 1 fully saturated rings. The Kier molecular flexibility index (Phi) is 1.77. The lowest BCUT2D eigenvalue weighted by Gasteiger charge is -2.01. The number of thiophene rings is 1. The van der Waals surface area contributed by atoms with Crippen LogP contribution in [0.3, 0.4) is 0 Å². The predicted octanol–water partition coefficient (Wildman–Crippen LogP) is 2.83. The van der Waals surface area contributed by atoms with Crippen LogP contribution >= 0.6 is 11.3 Å². The quantitative estimate of drug-likeness (QED) is 0.795. The zero-order chi connectivity index (χ0) is 10.5. The van der Waals surface area contributed by atoms with E-state index < -0.39 is 0 Å². The van der Waals surface area contributed by atoms with Crippen LogP contribution in [0.15, 0.2) is 12.4 Å². The number of aryl methyl sites for hydroxylation is 2. The lowest BCUT2D eigenvalue weighted by atomic mass is 10.2. The van der Waals surface area contributed by atoms with E-state index in [2.05, 4.69) is 20.8 Å². The molecule has 0 amide bonds. The highest BCUT2D eigenvalue weighted by molar-refractivity contribution is 7.15. The molecule has 0 unspecified atom stereocenters. The Bertz CT molecular complexity index is 515. The molecule has 0 atom stereocenters. The third-order valence-corrected chi connectivity index (χ3v) is 4.71. The van der Waals surface area contributed by atoms with Gasteiger partial charge in [0, 0.05) is 10.9 Å². The second-order valence-corrected chi connectivity index (χ2v) is 5.84. The van der Waals surface area contributed by atoms with Crippen molar-refractivity contribution >= 4 is 11.3 Å². The number of aromatic nitrogens is 3. The molecule has 16 heavy (non-hydrogen) atoms. The summed E-state index contributed by atoms with van der Waals surface area (Å²) in [4.78, 5) is 2.88. The van der Waals surface area contributed by atoms with Crippen molar-refractivity contribution in [2.45, 2.75) is 38.1 Å². The highest BCUT2D eigenvalue weighted by atomic mass is 32.1. The summed E-state index contributed by atoms with van der Waals surface area (Å²) in [6.45, 7) is 0. The minimum Gasteiger partial charge on any atom is -0.310 e. The van der Waals surface area contributed by atoms with E-state index in [1.54, 1.807) is 10.4 Å². The summed E-state index contributed by atoms with van der Waals surface area (Å²) in [7, 11) is 0. The molecule has 0 radical (unpaired) electrons. The molecule has 1 saturated carbocycles. The van der Waals surface area contributed by atoms with Gasteiger partial charge in [0.15, 0.2) is 5.82 Å². The van der Waals surface area contributed by atoms with Crippen molar-refractivity contribution in [2.24, 2.45) is 0 Å². The van der Waals surface area contributed by atoms with Gasteiger partial charge < -0.3 is 4.57 Å².